The summed E-state index contributed by atoms with van der Waals surface area (Å²) >= 11 is 3.33. The number of rotatable bonds is 5. The average molecular weight is 245 g/mol. The molecule has 1 N–H and O–H groups in total. The van der Waals surface area contributed by atoms with Crippen LogP contribution in [0.2, 0.25) is 0 Å². The number of ether oxygens (including phenoxy) is 1. The van der Waals surface area contributed by atoms with Crippen LogP contribution in [0.5, 0.6) is 5.75 Å². The predicted molar refractivity (Wildman–Crippen MR) is 56.0 cm³/mol. The minimum absolute atomic E-state index is 0.673. The van der Waals surface area contributed by atoms with Gasteiger partial charge in [0.1, 0.15) is 12.4 Å². The highest BCUT2D eigenvalue weighted by Crippen LogP contribution is 2.15. The highest BCUT2D eigenvalue weighted by Gasteiger charge is 1.94. The van der Waals surface area contributed by atoms with E-state index in [0.29, 0.717) is 6.61 Å². The van der Waals surface area contributed by atoms with Crippen LogP contribution in [-0.4, -0.2) is 24.7 Å². The molecule has 0 aliphatic rings. The standard InChI is InChI=1S/C9H13BrN2O/c1-2-11-3-4-13-9-5-8(10)6-12-7-9/h5-7,11H,2-4H2,1H3. The Kier molecular flexibility index (Phi) is 4.78. The average Bonchev–Trinajstić information content (AvgIpc) is 2.13. The third-order valence-electron chi connectivity index (χ3n) is 1.48. The zero-order chi connectivity index (χ0) is 9.52. The van der Waals surface area contributed by atoms with Gasteiger partial charge in [0, 0.05) is 17.2 Å². The van der Waals surface area contributed by atoms with E-state index in [0.717, 1.165) is 23.3 Å². The van der Waals surface area contributed by atoms with E-state index in [1.807, 2.05) is 6.07 Å². The van der Waals surface area contributed by atoms with Crippen molar-refractivity contribution in [3.8, 4) is 5.75 Å². The lowest BCUT2D eigenvalue weighted by molar-refractivity contribution is 0.314. The lowest BCUT2D eigenvalue weighted by Gasteiger charge is -2.05. The summed E-state index contributed by atoms with van der Waals surface area (Å²) in [5.74, 6) is 0.798. The first kappa shape index (κ1) is 10.5. The van der Waals surface area contributed by atoms with Gasteiger partial charge in [-0.05, 0) is 28.5 Å². The number of hydrogen-bond acceptors (Lipinski definition) is 3. The molecule has 0 saturated heterocycles. The molecule has 1 heterocycles. The lowest BCUT2D eigenvalue weighted by atomic mass is 10.5. The molecule has 0 atom stereocenters. The Balaban J connectivity index is 2.28. The van der Waals surface area contributed by atoms with Gasteiger partial charge in [-0.15, -0.1) is 0 Å². The van der Waals surface area contributed by atoms with Crippen molar-refractivity contribution >= 4 is 15.9 Å². The largest absolute Gasteiger partial charge is 0.491 e. The van der Waals surface area contributed by atoms with Gasteiger partial charge in [0.2, 0.25) is 0 Å². The summed E-state index contributed by atoms with van der Waals surface area (Å²) in [5.41, 5.74) is 0. The van der Waals surface area contributed by atoms with Gasteiger partial charge in [-0.25, -0.2) is 0 Å². The summed E-state index contributed by atoms with van der Waals surface area (Å²) in [6, 6.07) is 1.90. The zero-order valence-electron chi connectivity index (χ0n) is 7.59. The number of hydrogen-bond donors (Lipinski definition) is 1. The van der Waals surface area contributed by atoms with Gasteiger partial charge in [-0.3, -0.25) is 4.98 Å². The van der Waals surface area contributed by atoms with Crippen molar-refractivity contribution in [2.24, 2.45) is 0 Å². The SMILES string of the molecule is CCNCCOc1cncc(Br)c1. The Morgan fingerprint density at radius 2 is 2.38 bits per heavy atom. The van der Waals surface area contributed by atoms with Crippen LogP contribution in [0.3, 0.4) is 0 Å². The third-order valence-corrected chi connectivity index (χ3v) is 1.91. The van der Waals surface area contributed by atoms with Crippen LogP contribution < -0.4 is 10.1 Å². The van der Waals surface area contributed by atoms with Crippen molar-refractivity contribution in [2.75, 3.05) is 19.7 Å². The topological polar surface area (TPSA) is 34.1 Å². The number of pyridine rings is 1. The quantitative estimate of drug-likeness (QED) is 0.803. The van der Waals surface area contributed by atoms with Crippen LogP contribution in [0.15, 0.2) is 22.9 Å². The third kappa shape index (κ3) is 4.24. The molecule has 4 heteroatoms. The summed E-state index contributed by atoms with van der Waals surface area (Å²) in [6.45, 7) is 4.58. The van der Waals surface area contributed by atoms with E-state index in [2.05, 4.69) is 33.2 Å². The molecule has 0 unspecified atom stereocenters. The fourth-order valence-corrected chi connectivity index (χ4v) is 1.23. The summed E-state index contributed by atoms with van der Waals surface area (Å²) < 4.78 is 6.37. The van der Waals surface area contributed by atoms with Crippen LogP contribution >= 0.6 is 15.9 Å². The molecule has 0 saturated carbocycles. The second-order valence-electron chi connectivity index (χ2n) is 2.54. The molecule has 0 spiro atoms. The highest BCUT2D eigenvalue weighted by molar-refractivity contribution is 9.10. The van der Waals surface area contributed by atoms with Crippen molar-refractivity contribution < 1.29 is 4.74 Å². The maximum Gasteiger partial charge on any atom is 0.138 e. The minimum Gasteiger partial charge on any atom is -0.491 e. The lowest BCUT2D eigenvalue weighted by Crippen LogP contribution is -2.20. The predicted octanol–water partition coefficient (Wildman–Crippen LogP) is 1.83. The highest BCUT2D eigenvalue weighted by atomic mass is 79.9. The summed E-state index contributed by atoms with van der Waals surface area (Å²) in [5, 5.41) is 3.18. The molecule has 0 amide bonds. The fourth-order valence-electron chi connectivity index (χ4n) is 0.889. The number of aromatic nitrogens is 1. The first-order valence-electron chi connectivity index (χ1n) is 4.27. The van der Waals surface area contributed by atoms with E-state index in [4.69, 9.17) is 4.74 Å². The van der Waals surface area contributed by atoms with Gasteiger partial charge in [0.15, 0.2) is 0 Å². The van der Waals surface area contributed by atoms with E-state index in [9.17, 15) is 0 Å². The summed E-state index contributed by atoms with van der Waals surface area (Å²) in [4.78, 5) is 3.99. The minimum atomic E-state index is 0.673. The van der Waals surface area contributed by atoms with Crippen molar-refractivity contribution in [1.29, 1.82) is 0 Å². The fraction of sp³-hybridized carbons (Fsp3) is 0.444. The van der Waals surface area contributed by atoms with Gasteiger partial charge >= 0.3 is 0 Å². The van der Waals surface area contributed by atoms with E-state index in [-0.39, 0.29) is 0 Å². The molecular weight excluding hydrogens is 232 g/mol. The number of nitrogens with one attached hydrogen (secondary N) is 1. The summed E-state index contributed by atoms with van der Waals surface area (Å²) in [7, 11) is 0. The number of nitrogens with zero attached hydrogens (tertiary/aromatic N) is 1. The van der Waals surface area contributed by atoms with E-state index >= 15 is 0 Å². The van der Waals surface area contributed by atoms with Crippen molar-refractivity contribution in [2.45, 2.75) is 6.92 Å². The van der Waals surface area contributed by atoms with Crippen molar-refractivity contribution in [3.05, 3.63) is 22.9 Å². The maximum atomic E-state index is 5.43. The normalized spacial score (nSPS) is 10.0. The Morgan fingerprint density at radius 1 is 1.54 bits per heavy atom. The monoisotopic (exact) mass is 244 g/mol. The Hall–Kier alpha value is -0.610. The van der Waals surface area contributed by atoms with E-state index in [1.165, 1.54) is 0 Å². The second kappa shape index (κ2) is 5.94. The van der Waals surface area contributed by atoms with Gasteiger partial charge in [0.05, 0.1) is 6.20 Å². The van der Waals surface area contributed by atoms with Crippen LogP contribution in [0.4, 0.5) is 0 Å². The molecule has 0 aliphatic carbocycles. The molecule has 0 aromatic carbocycles. The first-order valence-corrected chi connectivity index (χ1v) is 5.06. The Morgan fingerprint density at radius 3 is 3.08 bits per heavy atom. The maximum absolute atomic E-state index is 5.43. The number of likely N-dealkylation sites (N-methyl/N-ethyl adjacent to an activating group) is 1. The molecule has 0 radical (unpaired) electrons. The molecule has 0 bridgehead atoms. The molecule has 0 aliphatic heterocycles. The van der Waals surface area contributed by atoms with Gasteiger partial charge in [-0.1, -0.05) is 6.92 Å². The van der Waals surface area contributed by atoms with Crippen molar-refractivity contribution in [1.82, 2.24) is 10.3 Å². The van der Waals surface area contributed by atoms with E-state index in [1.54, 1.807) is 12.4 Å². The molecule has 3 nitrogen and oxygen atoms in total. The van der Waals surface area contributed by atoms with Gasteiger partial charge < -0.3 is 10.1 Å². The molecule has 1 aromatic heterocycles. The first-order chi connectivity index (χ1) is 6.33. The van der Waals surface area contributed by atoms with Crippen LogP contribution in [-0.2, 0) is 0 Å². The van der Waals surface area contributed by atoms with Crippen molar-refractivity contribution in [3.63, 3.8) is 0 Å². The van der Waals surface area contributed by atoms with Gasteiger partial charge in [-0.2, -0.15) is 0 Å². The molecule has 13 heavy (non-hydrogen) atoms. The molecule has 1 aromatic rings. The molecule has 0 fully saturated rings. The summed E-state index contributed by atoms with van der Waals surface area (Å²) in [6.07, 6.45) is 3.44. The van der Waals surface area contributed by atoms with Crippen LogP contribution in [0, 0.1) is 0 Å². The van der Waals surface area contributed by atoms with Gasteiger partial charge in [0.25, 0.3) is 0 Å². The Bertz CT molecular complexity index is 255. The number of halogens is 1. The van der Waals surface area contributed by atoms with Crippen LogP contribution in [0.1, 0.15) is 6.92 Å². The Labute approximate surface area is 86.6 Å². The second-order valence-corrected chi connectivity index (χ2v) is 3.46. The smallest absolute Gasteiger partial charge is 0.138 e. The molecule has 1 rings (SSSR count). The van der Waals surface area contributed by atoms with E-state index < -0.39 is 0 Å². The molecule has 72 valence electrons. The van der Waals surface area contributed by atoms with Crippen LogP contribution in [0.25, 0.3) is 0 Å². The molecular formula is C9H13BrN2O. The zero-order valence-corrected chi connectivity index (χ0v) is 9.17.